The minimum atomic E-state index is 0.0836. The van der Waals surface area contributed by atoms with Crippen LogP contribution in [0.5, 0.6) is 0 Å². The Labute approximate surface area is 105 Å². The molecule has 2 N–H and O–H groups in total. The maximum absolute atomic E-state index is 11.8. The Balaban J connectivity index is 1.60. The van der Waals surface area contributed by atoms with Crippen molar-refractivity contribution >= 4 is 5.91 Å². The van der Waals surface area contributed by atoms with E-state index in [0.29, 0.717) is 0 Å². The van der Waals surface area contributed by atoms with Crippen molar-refractivity contribution in [3.8, 4) is 0 Å². The van der Waals surface area contributed by atoms with Gasteiger partial charge in [0.15, 0.2) is 0 Å². The maximum Gasteiger partial charge on any atom is 0.237 e. The third-order valence-corrected chi connectivity index (χ3v) is 4.27. The molecule has 2 fully saturated rings. The maximum atomic E-state index is 11.8. The zero-order valence-electron chi connectivity index (χ0n) is 11.0. The Morgan fingerprint density at radius 2 is 2.18 bits per heavy atom. The van der Waals surface area contributed by atoms with Crippen molar-refractivity contribution in [3.05, 3.63) is 0 Å². The first-order chi connectivity index (χ1) is 8.25. The fourth-order valence-electron chi connectivity index (χ4n) is 3.25. The summed E-state index contributed by atoms with van der Waals surface area (Å²) in [4.78, 5) is 11.8. The van der Waals surface area contributed by atoms with Gasteiger partial charge in [-0.25, -0.2) is 0 Å². The number of carbonyl (C=O) groups is 1. The Hall–Kier alpha value is -0.570. The number of carbonyl (C=O) groups excluding carboxylic acids is 1. The molecule has 1 aliphatic carbocycles. The van der Waals surface area contributed by atoms with Gasteiger partial charge in [-0.15, -0.1) is 0 Å². The predicted molar refractivity (Wildman–Crippen MR) is 69.8 cm³/mol. The zero-order chi connectivity index (χ0) is 12.1. The molecule has 2 aliphatic rings. The van der Waals surface area contributed by atoms with E-state index in [2.05, 4.69) is 17.6 Å². The number of nitrogens with one attached hydrogen (secondary N) is 2. The fourth-order valence-corrected chi connectivity index (χ4v) is 3.25. The number of amides is 1. The summed E-state index contributed by atoms with van der Waals surface area (Å²) in [5.74, 6) is 1.95. The second kappa shape index (κ2) is 6.39. The van der Waals surface area contributed by atoms with Crippen molar-refractivity contribution in [1.29, 1.82) is 0 Å². The summed E-state index contributed by atoms with van der Waals surface area (Å²) in [6.07, 6.45) is 8.81. The van der Waals surface area contributed by atoms with E-state index in [1.165, 1.54) is 32.1 Å². The van der Waals surface area contributed by atoms with Gasteiger partial charge in [-0.05, 0) is 44.1 Å². The normalized spacial score (nSPS) is 33.6. The quantitative estimate of drug-likeness (QED) is 0.787. The zero-order valence-corrected chi connectivity index (χ0v) is 11.0. The first-order valence-electron chi connectivity index (χ1n) is 7.27. The SMILES string of the molecule is CC1CCCC(CCNC(=O)C2CCCN2)C1. The van der Waals surface area contributed by atoms with Crippen LogP contribution in [0, 0.1) is 11.8 Å². The highest BCUT2D eigenvalue weighted by molar-refractivity contribution is 5.81. The molecule has 98 valence electrons. The molecule has 1 saturated heterocycles. The van der Waals surface area contributed by atoms with E-state index in [9.17, 15) is 4.79 Å². The van der Waals surface area contributed by atoms with Crippen LogP contribution in [0.3, 0.4) is 0 Å². The highest BCUT2D eigenvalue weighted by Crippen LogP contribution is 2.30. The van der Waals surface area contributed by atoms with Crippen LogP contribution in [-0.4, -0.2) is 25.0 Å². The molecule has 2 rings (SSSR count). The van der Waals surface area contributed by atoms with E-state index in [-0.39, 0.29) is 11.9 Å². The number of rotatable bonds is 4. The minimum absolute atomic E-state index is 0.0836. The molecule has 0 aromatic carbocycles. The lowest BCUT2D eigenvalue weighted by Crippen LogP contribution is -2.41. The largest absolute Gasteiger partial charge is 0.355 e. The molecule has 3 atom stereocenters. The Bertz CT molecular complexity index is 249. The van der Waals surface area contributed by atoms with Crippen LogP contribution in [0.1, 0.15) is 51.9 Å². The van der Waals surface area contributed by atoms with E-state index in [4.69, 9.17) is 0 Å². The summed E-state index contributed by atoms with van der Waals surface area (Å²) in [7, 11) is 0. The van der Waals surface area contributed by atoms with Crippen molar-refractivity contribution < 1.29 is 4.79 Å². The Morgan fingerprint density at radius 1 is 1.29 bits per heavy atom. The Morgan fingerprint density at radius 3 is 2.88 bits per heavy atom. The summed E-state index contributed by atoms with van der Waals surface area (Å²) in [5.41, 5.74) is 0. The molecule has 0 spiro atoms. The highest BCUT2D eigenvalue weighted by Gasteiger charge is 2.22. The standard InChI is InChI=1S/C14H26N2O/c1-11-4-2-5-12(10-11)7-9-16-14(17)13-6-3-8-15-13/h11-13,15H,2-10H2,1H3,(H,16,17). The lowest BCUT2D eigenvalue weighted by Gasteiger charge is -2.26. The molecule has 1 amide bonds. The van der Waals surface area contributed by atoms with Gasteiger partial charge in [0.1, 0.15) is 0 Å². The molecular weight excluding hydrogens is 212 g/mol. The molecule has 17 heavy (non-hydrogen) atoms. The fraction of sp³-hybridized carbons (Fsp3) is 0.929. The third-order valence-electron chi connectivity index (χ3n) is 4.27. The van der Waals surface area contributed by atoms with Gasteiger partial charge in [-0.2, -0.15) is 0 Å². The molecule has 3 heteroatoms. The van der Waals surface area contributed by atoms with Gasteiger partial charge in [-0.1, -0.05) is 26.2 Å². The van der Waals surface area contributed by atoms with Gasteiger partial charge < -0.3 is 10.6 Å². The van der Waals surface area contributed by atoms with E-state index in [0.717, 1.165) is 37.8 Å². The molecule has 0 aromatic heterocycles. The van der Waals surface area contributed by atoms with Gasteiger partial charge in [0.25, 0.3) is 0 Å². The molecule has 1 saturated carbocycles. The van der Waals surface area contributed by atoms with E-state index < -0.39 is 0 Å². The van der Waals surface area contributed by atoms with Crippen LogP contribution in [0.25, 0.3) is 0 Å². The molecule has 1 aliphatic heterocycles. The molecule has 3 unspecified atom stereocenters. The van der Waals surface area contributed by atoms with E-state index in [1.54, 1.807) is 0 Å². The first kappa shape index (κ1) is 12.9. The summed E-state index contributed by atoms with van der Waals surface area (Å²) < 4.78 is 0. The van der Waals surface area contributed by atoms with Crippen LogP contribution in [0.4, 0.5) is 0 Å². The number of hydrogen-bond donors (Lipinski definition) is 2. The molecule has 0 bridgehead atoms. The first-order valence-corrected chi connectivity index (χ1v) is 7.27. The molecule has 3 nitrogen and oxygen atoms in total. The van der Waals surface area contributed by atoms with Crippen molar-refractivity contribution in [2.75, 3.05) is 13.1 Å². The highest BCUT2D eigenvalue weighted by atomic mass is 16.2. The molecular formula is C14H26N2O. The van der Waals surface area contributed by atoms with Crippen molar-refractivity contribution in [2.24, 2.45) is 11.8 Å². The van der Waals surface area contributed by atoms with Crippen LogP contribution in [0.2, 0.25) is 0 Å². The average Bonchev–Trinajstić information content (AvgIpc) is 2.82. The predicted octanol–water partition coefficient (Wildman–Crippen LogP) is 2.07. The monoisotopic (exact) mass is 238 g/mol. The van der Waals surface area contributed by atoms with E-state index >= 15 is 0 Å². The Kier molecular flexibility index (Phi) is 4.84. The smallest absolute Gasteiger partial charge is 0.237 e. The van der Waals surface area contributed by atoms with Crippen molar-refractivity contribution in [1.82, 2.24) is 10.6 Å². The second-order valence-corrected chi connectivity index (χ2v) is 5.87. The summed E-state index contributed by atoms with van der Waals surface area (Å²) in [5, 5.41) is 6.33. The molecule has 1 heterocycles. The van der Waals surface area contributed by atoms with Gasteiger partial charge in [0, 0.05) is 6.54 Å². The van der Waals surface area contributed by atoms with E-state index in [1.807, 2.05) is 0 Å². The second-order valence-electron chi connectivity index (χ2n) is 5.87. The lowest BCUT2D eigenvalue weighted by atomic mass is 9.81. The summed E-state index contributed by atoms with van der Waals surface area (Å²) in [6.45, 7) is 4.22. The van der Waals surface area contributed by atoms with Crippen LogP contribution in [-0.2, 0) is 4.79 Å². The molecule has 0 aromatic rings. The van der Waals surface area contributed by atoms with Crippen LogP contribution in [0.15, 0.2) is 0 Å². The third kappa shape index (κ3) is 3.98. The lowest BCUT2D eigenvalue weighted by molar-refractivity contribution is -0.122. The average molecular weight is 238 g/mol. The van der Waals surface area contributed by atoms with Gasteiger partial charge in [0.05, 0.1) is 6.04 Å². The summed E-state index contributed by atoms with van der Waals surface area (Å²) in [6, 6.07) is 0.0836. The van der Waals surface area contributed by atoms with Gasteiger partial charge >= 0.3 is 0 Å². The molecule has 0 radical (unpaired) electrons. The van der Waals surface area contributed by atoms with Crippen LogP contribution < -0.4 is 10.6 Å². The number of hydrogen-bond acceptors (Lipinski definition) is 2. The van der Waals surface area contributed by atoms with Crippen LogP contribution >= 0.6 is 0 Å². The van der Waals surface area contributed by atoms with Gasteiger partial charge in [0.2, 0.25) is 5.91 Å². The van der Waals surface area contributed by atoms with Crippen molar-refractivity contribution in [2.45, 2.75) is 57.9 Å². The van der Waals surface area contributed by atoms with Gasteiger partial charge in [-0.3, -0.25) is 4.79 Å². The topological polar surface area (TPSA) is 41.1 Å². The minimum Gasteiger partial charge on any atom is -0.355 e. The summed E-state index contributed by atoms with van der Waals surface area (Å²) >= 11 is 0. The van der Waals surface area contributed by atoms with Crippen molar-refractivity contribution in [3.63, 3.8) is 0 Å².